The van der Waals surface area contributed by atoms with Gasteiger partial charge in [0.05, 0.1) is 6.54 Å². The number of nitrogens with zero attached hydrogens (tertiary/aromatic N) is 2. The predicted molar refractivity (Wildman–Crippen MR) is 48.9 cm³/mol. The van der Waals surface area contributed by atoms with Crippen LogP contribution >= 0.6 is 0 Å². The molecule has 1 fully saturated rings. The number of likely N-dealkylation sites (N-methyl/N-ethyl adjacent to an activating group) is 1. The molecule has 3 nitrogen and oxygen atoms in total. The van der Waals surface area contributed by atoms with Crippen LogP contribution in [0.4, 0.5) is 0 Å². The summed E-state index contributed by atoms with van der Waals surface area (Å²) in [6.07, 6.45) is 1.17. The number of amides is 1. The van der Waals surface area contributed by atoms with E-state index >= 15 is 0 Å². The van der Waals surface area contributed by atoms with Gasteiger partial charge in [0.25, 0.3) is 0 Å². The Balaban J connectivity index is 2.33. The molecule has 0 bridgehead atoms. The summed E-state index contributed by atoms with van der Waals surface area (Å²) in [5.74, 6) is 0.959. The van der Waals surface area contributed by atoms with Gasteiger partial charge in [-0.2, -0.15) is 0 Å². The molecule has 1 aliphatic heterocycles. The molecule has 0 spiro atoms. The average Bonchev–Trinajstić information content (AvgIpc) is 2.34. The molecule has 0 saturated carbocycles. The molecular formula is C9H18N2O. The van der Waals surface area contributed by atoms with Gasteiger partial charge in [-0.1, -0.05) is 6.92 Å². The van der Waals surface area contributed by atoms with Crippen molar-refractivity contribution in [3.63, 3.8) is 0 Å². The summed E-state index contributed by atoms with van der Waals surface area (Å²) in [6, 6.07) is 0. The highest BCUT2D eigenvalue weighted by molar-refractivity contribution is 5.78. The number of rotatable bonds is 2. The van der Waals surface area contributed by atoms with Gasteiger partial charge in [-0.15, -0.1) is 0 Å². The normalized spacial score (nSPS) is 23.7. The van der Waals surface area contributed by atoms with Gasteiger partial charge < -0.3 is 9.80 Å². The molecule has 0 aromatic carbocycles. The van der Waals surface area contributed by atoms with E-state index in [9.17, 15) is 4.79 Å². The Kier molecular flexibility index (Phi) is 3.09. The Morgan fingerprint density at radius 1 is 1.58 bits per heavy atom. The molecule has 1 rings (SSSR count). The first-order chi connectivity index (χ1) is 5.59. The lowest BCUT2D eigenvalue weighted by Crippen LogP contribution is -2.36. The molecule has 0 N–H and O–H groups in total. The zero-order valence-electron chi connectivity index (χ0n) is 8.21. The lowest BCUT2D eigenvalue weighted by Gasteiger charge is -2.18. The highest BCUT2D eigenvalue weighted by Crippen LogP contribution is 2.14. The van der Waals surface area contributed by atoms with Gasteiger partial charge in [-0.05, 0) is 26.4 Å². The Hall–Kier alpha value is -0.570. The summed E-state index contributed by atoms with van der Waals surface area (Å²) >= 11 is 0. The van der Waals surface area contributed by atoms with Crippen LogP contribution < -0.4 is 0 Å². The van der Waals surface area contributed by atoms with Crippen LogP contribution in [-0.2, 0) is 4.79 Å². The number of hydrogen-bond donors (Lipinski definition) is 0. The van der Waals surface area contributed by atoms with Gasteiger partial charge >= 0.3 is 0 Å². The van der Waals surface area contributed by atoms with E-state index in [1.54, 1.807) is 0 Å². The van der Waals surface area contributed by atoms with Crippen LogP contribution in [0.2, 0.25) is 0 Å². The van der Waals surface area contributed by atoms with Crippen molar-refractivity contribution < 1.29 is 4.79 Å². The van der Waals surface area contributed by atoms with Crippen molar-refractivity contribution in [1.29, 1.82) is 0 Å². The van der Waals surface area contributed by atoms with Crippen molar-refractivity contribution in [2.24, 2.45) is 5.92 Å². The minimum atomic E-state index is 0.268. The standard InChI is InChI=1S/C9H18N2O/c1-8-4-5-11(6-8)9(12)7-10(2)3/h8H,4-7H2,1-3H3/t8-/m1/s1. The summed E-state index contributed by atoms with van der Waals surface area (Å²) in [4.78, 5) is 15.4. The molecule has 0 aliphatic carbocycles. The highest BCUT2D eigenvalue weighted by atomic mass is 16.2. The van der Waals surface area contributed by atoms with Gasteiger partial charge in [0, 0.05) is 13.1 Å². The third-order valence-electron chi connectivity index (χ3n) is 2.23. The van der Waals surface area contributed by atoms with Crippen LogP contribution in [0.15, 0.2) is 0 Å². The first-order valence-electron chi connectivity index (χ1n) is 4.52. The smallest absolute Gasteiger partial charge is 0.236 e. The molecule has 1 heterocycles. The van der Waals surface area contributed by atoms with E-state index in [2.05, 4.69) is 6.92 Å². The van der Waals surface area contributed by atoms with Crippen molar-refractivity contribution >= 4 is 5.91 Å². The zero-order valence-corrected chi connectivity index (χ0v) is 8.21. The summed E-state index contributed by atoms with van der Waals surface area (Å²) in [5.41, 5.74) is 0. The van der Waals surface area contributed by atoms with E-state index in [1.807, 2.05) is 23.9 Å². The van der Waals surface area contributed by atoms with E-state index in [1.165, 1.54) is 6.42 Å². The van der Waals surface area contributed by atoms with E-state index in [0.29, 0.717) is 12.5 Å². The van der Waals surface area contributed by atoms with Crippen molar-refractivity contribution in [3.8, 4) is 0 Å². The van der Waals surface area contributed by atoms with Crippen molar-refractivity contribution in [2.75, 3.05) is 33.7 Å². The first-order valence-corrected chi connectivity index (χ1v) is 4.52. The van der Waals surface area contributed by atoms with Crippen LogP contribution in [-0.4, -0.2) is 49.4 Å². The molecule has 0 aromatic heterocycles. The minimum Gasteiger partial charge on any atom is -0.341 e. The Morgan fingerprint density at radius 3 is 2.67 bits per heavy atom. The minimum absolute atomic E-state index is 0.268. The fraction of sp³-hybridized carbons (Fsp3) is 0.889. The quantitative estimate of drug-likeness (QED) is 0.599. The fourth-order valence-corrected chi connectivity index (χ4v) is 1.53. The lowest BCUT2D eigenvalue weighted by molar-refractivity contribution is -0.130. The molecule has 0 aromatic rings. The van der Waals surface area contributed by atoms with E-state index in [4.69, 9.17) is 0 Å². The van der Waals surface area contributed by atoms with Crippen molar-refractivity contribution in [3.05, 3.63) is 0 Å². The Morgan fingerprint density at radius 2 is 2.25 bits per heavy atom. The summed E-state index contributed by atoms with van der Waals surface area (Å²) in [5, 5.41) is 0. The highest BCUT2D eigenvalue weighted by Gasteiger charge is 2.22. The summed E-state index contributed by atoms with van der Waals surface area (Å²) < 4.78 is 0. The van der Waals surface area contributed by atoms with Gasteiger partial charge in [0.1, 0.15) is 0 Å². The second-order valence-corrected chi connectivity index (χ2v) is 3.97. The molecular weight excluding hydrogens is 152 g/mol. The van der Waals surface area contributed by atoms with Gasteiger partial charge in [0.2, 0.25) is 5.91 Å². The van der Waals surface area contributed by atoms with Gasteiger partial charge in [-0.25, -0.2) is 0 Å². The third-order valence-corrected chi connectivity index (χ3v) is 2.23. The number of likely N-dealkylation sites (tertiary alicyclic amines) is 1. The summed E-state index contributed by atoms with van der Waals surface area (Å²) in [6.45, 7) is 4.65. The maximum Gasteiger partial charge on any atom is 0.236 e. The second-order valence-electron chi connectivity index (χ2n) is 3.97. The molecule has 1 aliphatic rings. The maximum atomic E-state index is 11.5. The SMILES string of the molecule is C[C@@H]1CCN(C(=O)CN(C)C)C1. The molecule has 1 atom stereocenters. The number of carbonyl (C=O) groups excluding carboxylic acids is 1. The Labute approximate surface area is 74.3 Å². The molecule has 3 heteroatoms. The van der Waals surface area contributed by atoms with Crippen LogP contribution in [0, 0.1) is 5.92 Å². The molecule has 0 radical (unpaired) electrons. The van der Waals surface area contributed by atoms with Crippen molar-refractivity contribution in [1.82, 2.24) is 9.80 Å². The Bertz CT molecular complexity index is 168. The average molecular weight is 170 g/mol. The predicted octanol–water partition coefficient (Wildman–Crippen LogP) is 0.416. The largest absolute Gasteiger partial charge is 0.341 e. The lowest BCUT2D eigenvalue weighted by atomic mass is 10.2. The van der Waals surface area contributed by atoms with Crippen molar-refractivity contribution in [2.45, 2.75) is 13.3 Å². The number of carbonyl (C=O) groups is 1. The maximum absolute atomic E-state index is 11.5. The van der Waals surface area contributed by atoms with E-state index in [0.717, 1.165) is 13.1 Å². The van der Waals surface area contributed by atoms with E-state index in [-0.39, 0.29) is 5.91 Å². The molecule has 0 unspecified atom stereocenters. The fourth-order valence-electron chi connectivity index (χ4n) is 1.53. The molecule has 1 saturated heterocycles. The first kappa shape index (κ1) is 9.52. The topological polar surface area (TPSA) is 23.6 Å². The van der Waals surface area contributed by atoms with Crippen LogP contribution in [0.1, 0.15) is 13.3 Å². The number of hydrogen-bond acceptors (Lipinski definition) is 2. The second kappa shape index (κ2) is 3.90. The molecule has 1 amide bonds. The van der Waals surface area contributed by atoms with Gasteiger partial charge in [0.15, 0.2) is 0 Å². The third kappa shape index (κ3) is 2.48. The van der Waals surface area contributed by atoms with Gasteiger partial charge in [-0.3, -0.25) is 4.79 Å². The molecule has 70 valence electrons. The van der Waals surface area contributed by atoms with Crippen LogP contribution in [0.5, 0.6) is 0 Å². The van der Waals surface area contributed by atoms with Crippen LogP contribution in [0.25, 0.3) is 0 Å². The monoisotopic (exact) mass is 170 g/mol. The van der Waals surface area contributed by atoms with E-state index < -0.39 is 0 Å². The zero-order chi connectivity index (χ0) is 9.14. The summed E-state index contributed by atoms with van der Waals surface area (Å²) in [7, 11) is 3.86. The molecule has 12 heavy (non-hydrogen) atoms. The van der Waals surface area contributed by atoms with Crippen LogP contribution in [0.3, 0.4) is 0 Å².